The minimum Gasteiger partial charge on any atom is -0.336 e. The van der Waals surface area contributed by atoms with E-state index in [2.05, 4.69) is 5.32 Å². The van der Waals surface area contributed by atoms with Crippen molar-refractivity contribution in [3.63, 3.8) is 0 Å². The third kappa shape index (κ3) is 5.67. The van der Waals surface area contributed by atoms with Gasteiger partial charge in [0.2, 0.25) is 0 Å². The zero-order valence-electron chi connectivity index (χ0n) is 13.2. The summed E-state index contributed by atoms with van der Waals surface area (Å²) in [4.78, 5) is 25.6. The van der Waals surface area contributed by atoms with Crippen LogP contribution in [0.4, 0.5) is 19.3 Å². The average Bonchev–Trinajstić information content (AvgIpc) is 2.47. The number of halogens is 3. The molecule has 128 valence electrons. The maximum Gasteiger partial charge on any atom is 0.319 e. The SMILES string of the molecule is CCN(C(=O)c1cc(NC(=O)NCC(F)F)ccc1Cl)C(C)C. The summed E-state index contributed by atoms with van der Waals surface area (Å²) in [5, 5.41) is 4.67. The second-order valence-corrected chi connectivity index (χ2v) is 5.51. The molecule has 23 heavy (non-hydrogen) atoms. The van der Waals surface area contributed by atoms with Crippen LogP contribution in [0.2, 0.25) is 5.02 Å². The Kier molecular flexibility index (Phi) is 7.22. The first-order chi connectivity index (χ1) is 10.8. The maximum atomic E-state index is 12.5. The van der Waals surface area contributed by atoms with Crippen LogP contribution in [0.15, 0.2) is 18.2 Å². The van der Waals surface area contributed by atoms with Gasteiger partial charge in [-0.15, -0.1) is 0 Å². The van der Waals surface area contributed by atoms with Crippen LogP contribution >= 0.6 is 11.6 Å². The second-order valence-electron chi connectivity index (χ2n) is 5.11. The molecule has 1 aromatic rings. The van der Waals surface area contributed by atoms with E-state index in [0.29, 0.717) is 12.2 Å². The lowest BCUT2D eigenvalue weighted by Crippen LogP contribution is -2.37. The first-order valence-electron chi connectivity index (χ1n) is 7.19. The fraction of sp³-hybridized carbons (Fsp3) is 0.467. The molecule has 1 aromatic carbocycles. The van der Waals surface area contributed by atoms with E-state index in [0.717, 1.165) is 0 Å². The third-order valence-electron chi connectivity index (χ3n) is 3.10. The molecule has 0 saturated heterocycles. The smallest absolute Gasteiger partial charge is 0.319 e. The number of carbonyl (C=O) groups excluding carboxylic acids is 2. The topological polar surface area (TPSA) is 61.4 Å². The minimum absolute atomic E-state index is 0.00507. The van der Waals surface area contributed by atoms with Gasteiger partial charge in [0.25, 0.3) is 12.3 Å². The highest BCUT2D eigenvalue weighted by molar-refractivity contribution is 6.34. The zero-order valence-corrected chi connectivity index (χ0v) is 14.0. The van der Waals surface area contributed by atoms with Crippen LogP contribution in [0.1, 0.15) is 31.1 Å². The molecule has 1 rings (SSSR count). The summed E-state index contributed by atoms with van der Waals surface area (Å²) in [7, 11) is 0. The summed E-state index contributed by atoms with van der Waals surface area (Å²) in [6, 6.07) is 3.62. The van der Waals surface area contributed by atoms with Gasteiger partial charge in [0.05, 0.1) is 17.1 Å². The average molecular weight is 348 g/mol. The van der Waals surface area contributed by atoms with Crippen LogP contribution in [0.5, 0.6) is 0 Å². The lowest BCUT2D eigenvalue weighted by Gasteiger charge is -2.25. The lowest BCUT2D eigenvalue weighted by atomic mass is 10.1. The van der Waals surface area contributed by atoms with Gasteiger partial charge >= 0.3 is 6.03 Å². The molecule has 0 aliphatic carbocycles. The number of amides is 3. The van der Waals surface area contributed by atoms with Gasteiger partial charge in [-0.05, 0) is 39.0 Å². The summed E-state index contributed by atoms with van der Waals surface area (Å²) < 4.78 is 24.1. The molecule has 0 aliphatic rings. The summed E-state index contributed by atoms with van der Waals surface area (Å²) >= 11 is 6.06. The molecule has 2 N–H and O–H groups in total. The number of nitrogens with one attached hydrogen (secondary N) is 2. The van der Waals surface area contributed by atoms with Crippen LogP contribution in [-0.4, -0.2) is 42.4 Å². The maximum absolute atomic E-state index is 12.5. The van der Waals surface area contributed by atoms with Crippen LogP contribution < -0.4 is 10.6 Å². The minimum atomic E-state index is -2.63. The molecule has 0 aromatic heterocycles. The zero-order chi connectivity index (χ0) is 17.6. The Morgan fingerprint density at radius 2 is 1.96 bits per heavy atom. The lowest BCUT2D eigenvalue weighted by molar-refractivity contribution is 0.0717. The Morgan fingerprint density at radius 1 is 1.30 bits per heavy atom. The van der Waals surface area contributed by atoms with Crippen LogP contribution in [0.3, 0.4) is 0 Å². The van der Waals surface area contributed by atoms with Gasteiger partial charge in [-0.1, -0.05) is 11.6 Å². The molecule has 8 heteroatoms. The van der Waals surface area contributed by atoms with E-state index in [1.807, 2.05) is 26.1 Å². The highest BCUT2D eigenvalue weighted by Gasteiger charge is 2.20. The van der Waals surface area contributed by atoms with Crippen molar-refractivity contribution >= 4 is 29.2 Å². The highest BCUT2D eigenvalue weighted by Crippen LogP contribution is 2.23. The second kappa shape index (κ2) is 8.67. The van der Waals surface area contributed by atoms with Gasteiger partial charge in [0.15, 0.2) is 0 Å². The fourth-order valence-corrected chi connectivity index (χ4v) is 2.21. The van der Waals surface area contributed by atoms with E-state index in [-0.39, 0.29) is 22.5 Å². The quantitative estimate of drug-likeness (QED) is 0.826. The van der Waals surface area contributed by atoms with Crippen molar-refractivity contribution in [2.75, 3.05) is 18.4 Å². The van der Waals surface area contributed by atoms with Crippen LogP contribution in [0.25, 0.3) is 0 Å². The number of hydrogen-bond acceptors (Lipinski definition) is 2. The largest absolute Gasteiger partial charge is 0.336 e. The Morgan fingerprint density at radius 3 is 2.48 bits per heavy atom. The number of alkyl halides is 2. The number of carbonyl (C=O) groups is 2. The van der Waals surface area contributed by atoms with Gasteiger partial charge in [0, 0.05) is 18.3 Å². The van der Waals surface area contributed by atoms with Crippen molar-refractivity contribution in [2.45, 2.75) is 33.2 Å². The molecule has 3 amide bonds. The Balaban J connectivity index is 2.91. The number of hydrogen-bond donors (Lipinski definition) is 2. The summed E-state index contributed by atoms with van der Waals surface area (Å²) in [6.07, 6.45) is -2.63. The molecule has 0 saturated carbocycles. The number of nitrogens with zero attached hydrogens (tertiary/aromatic N) is 1. The molecule has 0 spiro atoms. The first-order valence-corrected chi connectivity index (χ1v) is 7.57. The Hall–Kier alpha value is -1.89. The van der Waals surface area contributed by atoms with E-state index >= 15 is 0 Å². The molecule has 0 fully saturated rings. The Bertz CT molecular complexity index is 568. The number of anilines is 1. The van der Waals surface area contributed by atoms with Gasteiger partial charge in [0.1, 0.15) is 0 Å². The van der Waals surface area contributed by atoms with Gasteiger partial charge < -0.3 is 15.5 Å². The van der Waals surface area contributed by atoms with E-state index < -0.39 is 19.0 Å². The van der Waals surface area contributed by atoms with E-state index in [4.69, 9.17) is 11.6 Å². The highest BCUT2D eigenvalue weighted by atomic mass is 35.5. The van der Waals surface area contributed by atoms with Gasteiger partial charge in [-0.3, -0.25) is 4.79 Å². The predicted molar refractivity (Wildman–Crippen MR) is 86.3 cm³/mol. The summed E-state index contributed by atoms with van der Waals surface area (Å²) in [5.74, 6) is -0.260. The van der Waals surface area contributed by atoms with Crippen molar-refractivity contribution in [1.29, 1.82) is 0 Å². The standard InChI is InChI=1S/C15H20ClF2N3O2/c1-4-21(9(2)3)14(22)11-7-10(5-6-12(11)16)20-15(23)19-8-13(17)18/h5-7,9,13H,4,8H2,1-3H3,(H2,19,20,23). The third-order valence-corrected chi connectivity index (χ3v) is 3.43. The summed E-state index contributed by atoms with van der Waals surface area (Å²) in [5.41, 5.74) is 0.540. The molecule has 0 aliphatic heterocycles. The van der Waals surface area contributed by atoms with E-state index in [1.165, 1.54) is 18.2 Å². The van der Waals surface area contributed by atoms with Crippen LogP contribution in [0, 0.1) is 0 Å². The normalized spacial score (nSPS) is 10.8. The monoisotopic (exact) mass is 347 g/mol. The molecule has 0 bridgehead atoms. The molecule has 0 radical (unpaired) electrons. The molecule has 5 nitrogen and oxygen atoms in total. The van der Waals surface area contributed by atoms with Gasteiger partial charge in [-0.25, -0.2) is 13.6 Å². The predicted octanol–water partition coefficient (Wildman–Crippen LogP) is 3.60. The first kappa shape index (κ1) is 19.2. The number of rotatable bonds is 6. The van der Waals surface area contributed by atoms with Crippen molar-refractivity contribution < 1.29 is 18.4 Å². The van der Waals surface area contributed by atoms with Crippen molar-refractivity contribution in [1.82, 2.24) is 10.2 Å². The fourth-order valence-electron chi connectivity index (χ4n) is 2.01. The van der Waals surface area contributed by atoms with E-state index in [1.54, 1.807) is 4.90 Å². The molecule has 0 unspecified atom stereocenters. The number of urea groups is 1. The summed E-state index contributed by atoms with van der Waals surface area (Å²) in [6.45, 7) is 5.39. The van der Waals surface area contributed by atoms with Crippen LogP contribution in [-0.2, 0) is 0 Å². The molecule has 0 atom stereocenters. The van der Waals surface area contributed by atoms with Crippen molar-refractivity contribution in [2.24, 2.45) is 0 Å². The molecular weight excluding hydrogens is 328 g/mol. The van der Waals surface area contributed by atoms with Crippen molar-refractivity contribution in [3.05, 3.63) is 28.8 Å². The number of benzene rings is 1. The Labute approximate surface area is 139 Å². The van der Waals surface area contributed by atoms with E-state index in [9.17, 15) is 18.4 Å². The molecule has 0 heterocycles. The van der Waals surface area contributed by atoms with Crippen molar-refractivity contribution in [3.8, 4) is 0 Å². The molecular formula is C15H20ClF2N3O2. The van der Waals surface area contributed by atoms with Gasteiger partial charge in [-0.2, -0.15) is 0 Å².